The molecule has 0 radical (unpaired) electrons. The van der Waals surface area contributed by atoms with E-state index in [0.717, 1.165) is 22.5 Å². The highest BCUT2D eigenvalue weighted by molar-refractivity contribution is 7.92. The third kappa shape index (κ3) is 5.97. The number of benzene rings is 2. The van der Waals surface area contributed by atoms with E-state index in [9.17, 15) is 26.4 Å². The van der Waals surface area contributed by atoms with Gasteiger partial charge in [-0.3, -0.25) is 0 Å². The minimum absolute atomic E-state index is 0.00625. The van der Waals surface area contributed by atoms with Gasteiger partial charge in [-0.05, 0) is 59.2 Å². The van der Waals surface area contributed by atoms with E-state index in [2.05, 4.69) is 20.8 Å². The fraction of sp³-hybridized carbons (Fsp3) is 0.296. The van der Waals surface area contributed by atoms with E-state index in [0.29, 0.717) is 9.72 Å². The summed E-state index contributed by atoms with van der Waals surface area (Å²) in [4.78, 5) is 11.8. The fourth-order valence-electron chi connectivity index (χ4n) is 4.01. The molecule has 2 aromatic carbocycles. The van der Waals surface area contributed by atoms with Crippen LogP contribution in [0.3, 0.4) is 0 Å². The third-order valence-electron chi connectivity index (χ3n) is 5.98. The maximum absolute atomic E-state index is 13.5. The molecule has 0 saturated carbocycles. The molecule has 2 heterocycles. The average Bonchev–Trinajstić information content (AvgIpc) is 3.50. The molecule has 0 aliphatic heterocycles. The molecule has 39 heavy (non-hydrogen) atoms. The van der Waals surface area contributed by atoms with E-state index >= 15 is 0 Å². The summed E-state index contributed by atoms with van der Waals surface area (Å²) in [7, 11) is -4.42. The predicted molar refractivity (Wildman–Crippen MR) is 143 cm³/mol. The number of rotatable bonds is 8. The molecule has 0 bridgehead atoms. The topological polar surface area (TPSA) is 101 Å². The molecule has 0 aliphatic rings. The number of nitrogens with zero attached hydrogens (tertiary/aromatic N) is 1. The lowest BCUT2D eigenvalue weighted by molar-refractivity contribution is -0.190. The van der Waals surface area contributed by atoms with Gasteiger partial charge in [0, 0.05) is 10.9 Å². The largest absolute Gasteiger partial charge is 0.491 e. The molecule has 2 aromatic heterocycles. The molecule has 4 aromatic rings. The number of carbonyl (C=O) groups excluding carboxylic acids is 1. The van der Waals surface area contributed by atoms with E-state index in [4.69, 9.17) is 15.2 Å². The maximum atomic E-state index is 13.5. The maximum Gasteiger partial charge on any atom is 0.491 e. The molecule has 208 valence electrons. The van der Waals surface area contributed by atoms with Crippen LogP contribution in [0.15, 0.2) is 64.2 Å². The van der Waals surface area contributed by atoms with E-state index in [-0.39, 0.29) is 45.7 Å². The Morgan fingerprint density at radius 1 is 1.05 bits per heavy atom. The standard InChI is InChI=1S/C27H27F3N2O5S2/c1-26(2,3)18-8-6-17(7-9-18)16-36-19-10-11-22-21(15-19)20(12-13-31)24(37-25(33)27(28,29)30)32(22)39(34,35)23-5-4-14-38-23/h4-11,14-15H,12-13,16,31H2,1-3H3. The van der Waals surface area contributed by atoms with E-state index < -0.39 is 28.0 Å². The first-order chi connectivity index (χ1) is 18.2. The number of ether oxygens (including phenoxy) is 2. The summed E-state index contributed by atoms with van der Waals surface area (Å²) in [6.07, 6.45) is -5.40. The van der Waals surface area contributed by atoms with Crippen molar-refractivity contribution in [3.05, 3.63) is 76.7 Å². The van der Waals surface area contributed by atoms with Crippen LogP contribution in [0.4, 0.5) is 13.2 Å². The lowest BCUT2D eigenvalue weighted by Crippen LogP contribution is -2.30. The number of thiophene rings is 1. The number of halogens is 3. The molecule has 2 N–H and O–H groups in total. The monoisotopic (exact) mass is 580 g/mol. The number of nitrogens with two attached hydrogens (primary N) is 1. The number of hydrogen-bond donors (Lipinski definition) is 1. The van der Waals surface area contributed by atoms with Crippen LogP contribution in [0.25, 0.3) is 10.9 Å². The highest BCUT2D eigenvalue weighted by Crippen LogP contribution is 2.39. The van der Waals surface area contributed by atoms with Crippen molar-refractivity contribution in [1.82, 2.24) is 3.97 Å². The van der Waals surface area contributed by atoms with Crippen LogP contribution < -0.4 is 15.2 Å². The first-order valence-corrected chi connectivity index (χ1v) is 14.2. The lowest BCUT2D eigenvalue weighted by Gasteiger charge is -2.19. The van der Waals surface area contributed by atoms with Crippen molar-refractivity contribution in [3.63, 3.8) is 0 Å². The van der Waals surface area contributed by atoms with Gasteiger partial charge in [-0.15, -0.1) is 11.3 Å². The molecule has 0 saturated heterocycles. The van der Waals surface area contributed by atoms with Crippen LogP contribution in [0.5, 0.6) is 11.6 Å². The number of carbonyl (C=O) groups is 1. The number of fused-ring (bicyclic) bond motifs is 1. The number of aromatic nitrogens is 1. The van der Waals surface area contributed by atoms with Gasteiger partial charge in [-0.2, -0.15) is 21.6 Å². The summed E-state index contributed by atoms with van der Waals surface area (Å²) >= 11 is 0.879. The number of hydrogen-bond acceptors (Lipinski definition) is 7. The number of esters is 1. The Morgan fingerprint density at radius 2 is 1.74 bits per heavy atom. The summed E-state index contributed by atoms with van der Waals surface area (Å²) in [5, 5.41) is 1.76. The molecule has 0 amide bonds. The number of alkyl halides is 3. The summed E-state index contributed by atoms with van der Waals surface area (Å²) in [5.41, 5.74) is 7.83. The summed E-state index contributed by atoms with van der Waals surface area (Å²) in [5.74, 6) is -2.94. The van der Waals surface area contributed by atoms with Crippen LogP contribution in [-0.4, -0.2) is 31.1 Å². The second-order valence-corrected chi connectivity index (χ2v) is 12.8. The van der Waals surface area contributed by atoms with Crippen molar-refractivity contribution < 1.29 is 35.9 Å². The zero-order valence-corrected chi connectivity index (χ0v) is 23.0. The van der Waals surface area contributed by atoms with Crippen LogP contribution in [-0.2, 0) is 33.3 Å². The Hall–Kier alpha value is -3.35. The molecule has 7 nitrogen and oxygen atoms in total. The lowest BCUT2D eigenvalue weighted by atomic mass is 9.87. The third-order valence-corrected chi connectivity index (χ3v) is 9.05. The molecular formula is C27H27F3N2O5S2. The second-order valence-electron chi connectivity index (χ2n) is 9.83. The normalized spacial score (nSPS) is 12.6. The van der Waals surface area contributed by atoms with E-state index in [1.54, 1.807) is 0 Å². The quantitative estimate of drug-likeness (QED) is 0.265. The molecule has 12 heteroatoms. The molecule has 0 aliphatic carbocycles. The second kappa shape index (κ2) is 10.7. The van der Waals surface area contributed by atoms with Crippen LogP contribution in [0, 0.1) is 0 Å². The highest BCUT2D eigenvalue weighted by Gasteiger charge is 2.43. The molecule has 4 rings (SSSR count). The fourth-order valence-corrected chi connectivity index (χ4v) is 6.55. The van der Waals surface area contributed by atoms with Crippen molar-refractivity contribution in [2.45, 2.75) is 49.6 Å². The molecular weight excluding hydrogens is 553 g/mol. The van der Waals surface area contributed by atoms with Crippen molar-refractivity contribution in [2.75, 3.05) is 6.54 Å². The predicted octanol–water partition coefficient (Wildman–Crippen LogP) is 5.79. The van der Waals surface area contributed by atoms with Gasteiger partial charge in [0.05, 0.1) is 5.52 Å². The SMILES string of the molecule is CC(C)(C)c1ccc(COc2ccc3c(c2)c(CCN)c(OC(=O)C(F)(F)F)n3S(=O)(=O)c2cccs2)cc1. The highest BCUT2D eigenvalue weighted by atomic mass is 32.2. The summed E-state index contributed by atoms with van der Waals surface area (Å²) < 4.78 is 77.6. The Balaban J connectivity index is 1.79. The minimum atomic E-state index is -5.34. The molecule has 0 fully saturated rings. The Kier molecular flexibility index (Phi) is 7.84. The van der Waals surface area contributed by atoms with E-state index in [1.165, 1.54) is 35.7 Å². The van der Waals surface area contributed by atoms with Crippen molar-refractivity contribution >= 4 is 38.2 Å². The average molecular weight is 581 g/mol. The van der Waals surface area contributed by atoms with Gasteiger partial charge in [-0.25, -0.2) is 8.77 Å². The molecule has 0 atom stereocenters. The van der Waals surface area contributed by atoms with Crippen molar-refractivity contribution in [3.8, 4) is 11.6 Å². The smallest absolute Gasteiger partial charge is 0.489 e. The van der Waals surface area contributed by atoms with Gasteiger partial charge in [-0.1, -0.05) is 51.1 Å². The van der Waals surface area contributed by atoms with Gasteiger partial charge in [0.2, 0.25) is 5.88 Å². The first kappa shape index (κ1) is 28.7. The summed E-state index contributed by atoms with van der Waals surface area (Å²) in [6.45, 7) is 6.49. The molecule has 0 unspecified atom stereocenters. The molecule has 0 spiro atoms. The van der Waals surface area contributed by atoms with Crippen LogP contribution >= 0.6 is 11.3 Å². The Bertz CT molecular complexity index is 1590. The van der Waals surface area contributed by atoms with Crippen LogP contribution in [0.2, 0.25) is 0 Å². The van der Waals surface area contributed by atoms with Crippen LogP contribution in [0.1, 0.15) is 37.5 Å². The van der Waals surface area contributed by atoms with Gasteiger partial charge >= 0.3 is 12.1 Å². The van der Waals surface area contributed by atoms with Gasteiger partial charge in [0.15, 0.2) is 0 Å². The van der Waals surface area contributed by atoms with Crippen molar-refractivity contribution in [2.24, 2.45) is 5.73 Å². The minimum Gasteiger partial charge on any atom is -0.489 e. The Morgan fingerprint density at radius 3 is 2.31 bits per heavy atom. The van der Waals surface area contributed by atoms with Gasteiger partial charge in [0.1, 0.15) is 16.6 Å². The Labute approximate surface area is 228 Å². The van der Waals surface area contributed by atoms with Crippen molar-refractivity contribution in [1.29, 1.82) is 0 Å². The van der Waals surface area contributed by atoms with Gasteiger partial charge < -0.3 is 15.2 Å². The van der Waals surface area contributed by atoms with E-state index in [1.807, 2.05) is 24.3 Å². The zero-order valence-electron chi connectivity index (χ0n) is 21.4. The summed E-state index contributed by atoms with van der Waals surface area (Å²) in [6, 6.07) is 15.1. The van der Waals surface area contributed by atoms with Gasteiger partial charge in [0.25, 0.3) is 10.0 Å². The first-order valence-electron chi connectivity index (χ1n) is 11.9. The zero-order chi connectivity index (χ0) is 28.6.